The standard InChI is InChI=1S/2C33H56N8O2.Zn/c2*42-33(43)23-15-7-14-22-24(23)32-40-30-21-13-6-5-12-20(21)28(38-30)36-26-17-9-2-1-8-16(17)25(34-26)35-27-18-10-3-4-11-19(18)29(37-27)39-31(22)41-32;/h2*16-32,34-41H,1-15H2,(H,42,43);/q;;+2/p-2. The van der Waals surface area contributed by atoms with Gasteiger partial charge in [-0.2, -0.15) is 0 Å². The molecule has 16 bridgehead atoms. The summed E-state index contributed by atoms with van der Waals surface area (Å²) in [6, 6.07) is 0. The average molecular weight is 1260 g/mol. The van der Waals surface area contributed by atoms with Crippen molar-refractivity contribution in [3.05, 3.63) is 0 Å². The molecule has 10 aliphatic heterocycles. The molecular weight excluding hydrogens is 1150 g/mol. The van der Waals surface area contributed by atoms with Crippen LogP contribution in [0, 0.1) is 107 Å². The summed E-state index contributed by atoms with van der Waals surface area (Å²) in [6.07, 6.45) is 40.3. The van der Waals surface area contributed by atoms with Crippen LogP contribution in [0.3, 0.4) is 0 Å². The monoisotopic (exact) mass is 1250 g/mol. The summed E-state index contributed by atoms with van der Waals surface area (Å²) in [5.41, 5.74) is 0. The average Bonchev–Trinajstić information content (AvgIpc) is 1.98. The van der Waals surface area contributed by atoms with Crippen LogP contribution in [0.15, 0.2) is 0 Å². The number of carboxylic acid groups (broad SMARTS) is 2. The van der Waals surface area contributed by atoms with Gasteiger partial charge in [-0.05, 0) is 186 Å². The molecule has 0 aromatic heterocycles. The second kappa shape index (κ2) is 25.6. The van der Waals surface area contributed by atoms with Gasteiger partial charge in [0.2, 0.25) is 0 Å². The van der Waals surface area contributed by atoms with Crippen LogP contribution in [0.25, 0.3) is 0 Å². The Morgan fingerprint density at radius 2 is 0.333 bits per heavy atom. The van der Waals surface area contributed by atoms with E-state index in [0.717, 1.165) is 38.5 Å². The minimum atomic E-state index is -0.857. The first kappa shape index (κ1) is 60.8. The molecule has 8 aliphatic carbocycles. The Morgan fingerprint density at radius 1 is 0.195 bits per heavy atom. The summed E-state index contributed by atoms with van der Waals surface area (Å²) >= 11 is 0. The van der Waals surface area contributed by atoms with Gasteiger partial charge in [-0.15, -0.1) is 0 Å². The molecule has 18 rings (SSSR count). The Morgan fingerprint density at radius 3 is 0.494 bits per heavy atom. The fourth-order valence-corrected chi connectivity index (χ4v) is 24.7. The van der Waals surface area contributed by atoms with E-state index in [9.17, 15) is 19.8 Å². The largest absolute Gasteiger partial charge is 2.00 e. The molecule has 87 heavy (non-hydrogen) atoms. The van der Waals surface area contributed by atoms with Crippen LogP contribution in [0.2, 0.25) is 0 Å². The predicted octanol–water partition coefficient (Wildman–Crippen LogP) is 1.16. The number of aliphatic carboxylic acids is 2. The Labute approximate surface area is 531 Å². The summed E-state index contributed by atoms with van der Waals surface area (Å²) in [5.74, 6) is 5.66. The van der Waals surface area contributed by atoms with Gasteiger partial charge in [0.05, 0.1) is 98.7 Å². The van der Waals surface area contributed by atoms with Crippen molar-refractivity contribution in [2.24, 2.45) is 107 Å². The fourth-order valence-electron chi connectivity index (χ4n) is 24.7. The number of rotatable bonds is 2. The van der Waals surface area contributed by atoms with Crippen LogP contribution in [-0.4, -0.2) is 111 Å². The second-order valence-electron chi connectivity index (χ2n) is 32.2. The molecule has 8 saturated carbocycles. The van der Waals surface area contributed by atoms with E-state index in [1.165, 1.54) is 154 Å². The van der Waals surface area contributed by atoms with E-state index in [2.05, 4.69) is 85.1 Å². The van der Waals surface area contributed by atoms with Gasteiger partial charge >= 0.3 is 19.5 Å². The molecule has 16 N–H and O–H groups in total. The number of carbonyl (C=O) groups is 2. The first-order valence-corrected chi connectivity index (χ1v) is 36.8. The summed E-state index contributed by atoms with van der Waals surface area (Å²) in [6.45, 7) is 0. The minimum Gasteiger partial charge on any atom is -0.550 e. The number of hydrogen-bond acceptors (Lipinski definition) is 20. The molecule has 480 valence electrons. The minimum absolute atomic E-state index is 0. The smallest absolute Gasteiger partial charge is 0.550 e. The molecule has 21 heteroatoms. The zero-order chi connectivity index (χ0) is 57.3. The van der Waals surface area contributed by atoms with Crippen molar-refractivity contribution in [1.29, 1.82) is 0 Å². The van der Waals surface area contributed by atoms with E-state index in [4.69, 9.17) is 0 Å². The number of carboxylic acids is 2. The van der Waals surface area contributed by atoms with Crippen molar-refractivity contribution in [2.75, 3.05) is 0 Å². The SMILES string of the molecule is O=C([O-])C1CCCC2C3NC4NC(NC5NC(NC6NC(NC(N3)C12)C1CCCCC61)C1CCCCC51)C1CCCCC41.O=C([O-])C1CCCC2C3NC4NC(NC5NC(NC6NC(NC(N3)C12)C1CCCCC61)C1CCCCC51)C1CCCCC41.[Zn+2]. The van der Waals surface area contributed by atoms with Gasteiger partial charge in [-0.3, -0.25) is 85.1 Å². The van der Waals surface area contributed by atoms with Gasteiger partial charge in [0.1, 0.15) is 0 Å². The van der Waals surface area contributed by atoms with E-state index in [1.54, 1.807) is 0 Å². The third kappa shape index (κ3) is 11.1. The molecule has 34 atom stereocenters. The maximum atomic E-state index is 12.5. The molecule has 20 nitrogen and oxygen atoms in total. The van der Waals surface area contributed by atoms with Crippen LogP contribution < -0.4 is 95.3 Å². The van der Waals surface area contributed by atoms with Crippen molar-refractivity contribution in [3.8, 4) is 0 Å². The summed E-state index contributed by atoms with van der Waals surface area (Å²) < 4.78 is 0. The third-order valence-corrected chi connectivity index (χ3v) is 28.4. The van der Waals surface area contributed by atoms with E-state index in [0.29, 0.717) is 120 Å². The molecule has 0 radical (unpaired) electrons. The second-order valence-corrected chi connectivity index (χ2v) is 32.2. The number of fused-ring (bicyclic) bond motifs is 40. The fraction of sp³-hybridized carbons (Fsp3) is 0.970. The first-order chi connectivity index (χ1) is 42.2. The van der Waals surface area contributed by atoms with E-state index >= 15 is 0 Å². The topological polar surface area (TPSA) is 273 Å². The number of carbonyl (C=O) groups excluding carboxylic acids is 2. The van der Waals surface area contributed by atoms with E-state index < -0.39 is 23.8 Å². The molecule has 10 heterocycles. The molecule has 10 saturated heterocycles. The predicted molar refractivity (Wildman–Crippen MR) is 322 cm³/mol. The summed E-state index contributed by atoms with van der Waals surface area (Å²) in [5, 5.41) is 90.7. The Kier molecular flexibility index (Phi) is 17.9. The summed E-state index contributed by atoms with van der Waals surface area (Å²) in [7, 11) is 0. The van der Waals surface area contributed by atoms with Gasteiger partial charge in [0.15, 0.2) is 0 Å². The van der Waals surface area contributed by atoms with Crippen molar-refractivity contribution < 1.29 is 39.3 Å². The zero-order valence-electron chi connectivity index (χ0n) is 52.2. The molecule has 18 fully saturated rings. The van der Waals surface area contributed by atoms with Crippen molar-refractivity contribution in [3.63, 3.8) is 0 Å². The molecule has 0 aromatic rings. The van der Waals surface area contributed by atoms with Crippen LogP contribution in [-0.2, 0) is 29.1 Å². The van der Waals surface area contributed by atoms with Crippen LogP contribution in [0.1, 0.15) is 193 Å². The van der Waals surface area contributed by atoms with Crippen molar-refractivity contribution in [1.82, 2.24) is 85.1 Å². The molecule has 34 unspecified atom stereocenters. The number of nitrogens with one attached hydrogen (secondary N) is 16. The third-order valence-electron chi connectivity index (χ3n) is 28.4. The quantitative estimate of drug-likeness (QED) is 0.173. The zero-order valence-corrected chi connectivity index (χ0v) is 55.2. The molecule has 0 aromatic carbocycles. The van der Waals surface area contributed by atoms with Crippen LogP contribution in [0.4, 0.5) is 0 Å². The van der Waals surface area contributed by atoms with Crippen molar-refractivity contribution >= 4 is 11.9 Å². The Hall–Kier alpha value is -1.08. The van der Waals surface area contributed by atoms with Gasteiger partial charge in [-0.1, -0.05) is 89.9 Å². The normalized spacial score (nSPS) is 55.4. The van der Waals surface area contributed by atoms with Crippen LogP contribution >= 0.6 is 0 Å². The Bertz CT molecular complexity index is 2260. The van der Waals surface area contributed by atoms with Crippen molar-refractivity contribution in [2.45, 2.75) is 291 Å². The van der Waals surface area contributed by atoms with Gasteiger partial charge in [-0.25, -0.2) is 0 Å². The van der Waals surface area contributed by atoms with Gasteiger partial charge < -0.3 is 19.8 Å². The Balaban J connectivity index is 0.000000139. The maximum absolute atomic E-state index is 12.5. The van der Waals surface area contributed by atoms with E-state index in [1.807, 2.05) is 0 Å². The molecule has 0 spiro atoms. The maximum Gasteiger partial charge on any atom is 2.00 e. The molecular formula is C66H110N16O4Zn. The van der Waals surface area contributed by atoms with Gasteiger partial charge in [0, 0.05) is 35.6 Å². The number of hydrogen-bond donors (Lipinski definition) is 16. The van der Waals surface area contributed by atoms with E-state index in [-0.39, 0.29) is 93.0 Å². The first-order valence-electron chi connectivity index (χ1n) is 36.8. The molecule has 0 amide bonds. The van der Waals surface area contributed by atoms with Crippen LogP contribution in [0.5, 0.6) is 0 Å². The van der Waals surface area contributed by atoms with Gasteiger partial charge in [0.25, 0.3) is 0 Å². The molecule has 18 aliphatic rings. The summed E-state index contributed by atoms with van der Waals surface area (Å²) in [4.78, 5) is 25.0.